The third kappa shape index (κ3) is 4.62. The van der Waals surface area contributed by atoms with Crippen molar-refractivity contribution in [3.63, 3.8) is 0 Å². The number of amides is 2. The molecular formula is C14H22N2O4S. The highest BCUT2D eigenvalue weighted by molar-refractivity contribution is 8.00. The Balaban J connectivity index is 1.91. The zero-order valence-electron chi connectivity index (χ0n) is 12.0. The van der Waals surface area contributed by atoms with E-state index < -0.39 is 11.9 Å². The molecule has 0 radical (unpaired) electrons. The van der Waals surface area contributed by atoms with Crippen molar-refractivity contribution in [3.8, 4) is 0 Å². The lowest BCUT2D eigenvalue weighted by Gasteiger charge is -2.28. The molecule has 0 aromatic rings. The van der Waals surface area contributed by atoms with Crippen molar-refractivity contribution in [2.24, 2.45) is 5.92 Å². The Morgan fingerprint density at radius 3 is 2.57 bits per heavy atom. The number of carbonyl (C=O) groups is 3. The highest BCUT2D eigenvalue weighted by Gasteiger charge is 2.31. The van der Waals surface area contributed by atoms with Crippen LogP contribution in [0.1, 0.15) is 38.5 Å². The van der Waals surface area contributed by atoms with E-state index in [4.69, 9.17) is 0 Å². The normalized spacial score (nSPS) is 27.0. The van der Waals surface area contributed by atoms with Crippen molar-refractivity contribution < 1.29 is 19.5 Å². The number of nitrogens with one attached hydrogen (secondary N) is 1. The van der Waals surface area contributed by atoms with Crippen LogP contribution in [0.4, 0.5) is 0 Å². The van der Waals surface area contributed by atoms with Gasteiger partial charge in [-0.05, 0) is 12.8 Å². The van der Waals surface area contributed by atoms with E-state index in [-0.39, 0.29) is 24.4 Å². The van der Waals surface area contributed by atoms with Gasteiger partial charge in [-0.25, -0.2) is 0 Å². The van der Waals surface area contributed by atoms with Gasteiger partial charge in [0.2, 0.25) is 11.8 Å². The fourth-order valence-corrected chi connectivity index (χ4v) is 3.82. The summed E-state index contributed by atoms with van der Waals surface area (Å²) < 4.78 is 0. The first kappa shape index (κ1) is 16.1. The van der Waals surface area contributed by atoms with Crippen LogP contribution in [0, 0.1) is 5.92 Å². The first-order chi connectivity index (χ1) is 10.1. The standard InChI is InChI=1S/C14H22N2O4S/c17-12(7-16-9-21-8-13(16)18)15-11-6-4-2-1-3-5-10(11)14(19)20/h10-11H,1-9H2,(H,15,17)(H,19,20). The summed E-state index contributed by atoms with van der Waals surface area (Å²) in [5, 5.41) is 12.2. The highest BCUT2D eigenvalue weighted by Crippen LogP contribution is 2.23. The molecule has 2 atom stereocenters. The number of nitrogens with zero attached hydrogens (tertiary/aromatic N) is 1. The van der Waals surface area contributed by atoms with Crippen LogP contribution in [0.3, 0.4) is 0 Å². The van der Waals surface area contributed by atoms with Gasteiger partial charge < -0.3 is 15.3 Å². The average Bonchev–Trinajstić information content (AvgIpc) is 2.78. The molecule has 1 aliphatic carbocycles. The van der Waals surface area contributed by atoms with Crippen molar-refractivity contribution in [1.82, 2.24) is 10.2 Å². The second kappa shape index (κ2) is 7.68. The number of carboxylic acid groups (broad SMARTS) is 1. The smallest absolute Gasteiger partial charge is 0.308 e. The Labute approximate surface area is 128 Å². The summed E-state index contributed by atoms with van der Waals surface area (Å²) in [6.07, 6.45) is 5.28. The van der Waals surface area contributed by atoms with Gasteiger partial charge in [-0.15, -0.1) is 11.8 Å². The summed E-state index contributed by atoms with van der Waals surface area (Å²) in [5.41, 5.74) is 0. The molecule has 0 bridgehead atoms. The van der Waals surface area contributed by atoms with Gasteiger partial charge in [0.15, 0.2) is 0 Å². The quantitative estimate of drug-likeness (QED) is 0.810. The van der Waals surface area contributed by atoms with Crippen LogP contribution >= 0.6 is 11.8 Å². The molecule has 1 aliphatic heterocycles. The van der Waals surface area contributed by atoms with Crippen molar-refractivity contribution in [3.05, 3.63) is 0 Å². The third-order valence-electron chi connectivity index (χ3n) is 4.09. The van der Waals surface area contributed by atoms with Gasteiger partial charge in [0.05, 0.1) is 17.5 Å². The lowest BCUT2D eigenvalue weighted by molar-refractivity contribution is -0.144. The van der Waals surface area contributed by atoms with Crippen molar-refractivity contribution in [2.75, 3.05) is 18.2 Å². The number of thioether (sulfide) groups is 1. The van der Waals surface area contributed by atoms with Crippen LogP contribution in [0.2, 0.25) is 0 Å². The van der Waals surface area contributed by atoms with E-state index in [1.165, 1.54) is 16.7 Å². The fraction of sp³-hybridized carbons (Fsp3) is 0.786. The predicted molar refractivity (Wildman–Crippen MR) is 79.8 cm³/mol. The molecule has 1 saturated carbocycles. The van der Waals surface area contributed by atoms with E-state index in [2.05, 4.69) is 5.32 Å². The monoisotopic (exact) mass is 314 g/mol. The zero-order chi connectivity index (χ0) is 15.2. The summed E-state index contributed by atoms with van der Waals surface area (Å²) in [4.78, 5) is 36.5. The van der Waals surface area contributed by atoms with Crippen LogP contribution in [0.15, 0.2) is 0 Å². The number of aliphatic carboxylic acids is 1. The van der Waals surface area contributed by atoms with Crippen LogP contribution in [-0.4, -0.2) is 52.0 Å². The summed E-state index contributed by atoms with van der Waals surface area (Å²) in [6, 6.07) is -0.319. The molecule has 118 valence electrons. The molecule has 0 aromatic carbocycles. The van der Waals surface area contributed by atoms with Crippen LogP contribution in [0.5, 0.6) is 0 Å². The Morgan fingerprint density at radius 1 is 1.24 bits per heavy atom. The molecule has 2 fully saturated rings. The van der Waals surface area contributed by atoms with Crippen LogP contribution in [0.25, 0.3) is 0 Å². The zero-order valence-corrected chi connectivity index (χ0v) is 12.9. The molecule has 0 spiro atoms. The van der Waals surface area contributed by atoms with Gasteiger partial charge in [0, 0.05) is 6.04 Å². The Morgan fingerprint density at radius 2 is 1.95 bits per heavy atom. The van der Waals surface area contributed by atoms with E-state index >= 15 is 0 Å². The second-order valence-corrected chi connectivity index (χ2v) is 6.63. The number of rotatable bonds is 4. The molecule has 2 aliphatic rings. The molecule has 21 heavy (non-hydrogen) atoms. The minimum atomic E-state index is -0.838. The fourth-order valence-electron chi connectivity index (χ4n) is 2.92. The first-order valence-corrected chi connectivity index (χ1v) is 8.61. The molecule has 1 heterocycles. The Kier molecular flexibility index (Phi) is 5.90. The maximum atomic E-state index is 12.1. The summed E-state index contributed by atoms with van der Waals surface area (Å²) in [7, 11) is 0. The lowest BCUT2D eigenvalue weighted by atomic mass is 9.87. The van der Waals surface area contributed by atoms with E-state index in [0.717, 1.165) is 25.7 Å². The predicted octanol–water partition coefficient (Wildman–Crippen LogP) is 1.06. The number of hydrogen-bond acceptors (Lipinski definition) is 4. The topological polar surface area (TPSA) is 86.7 Å². The SMILES string of the molecule is O=C(CN1CSCC1=O)NC1CCCCCCC1C(=O)O. The molecule has 2 amide bonds. The van der Waals surface area contributed by atoms with E-state index in [0.29, 0.717) is 24.5 Å². The first-order valence-electron chi connectivity index (χ1n) is 7.45. The molecule has 6 nitrogen and oxygen atoms in total. The Hall–Kier alpha value is -1.24. The Bertz CT molecular complexity index is 416. The molecule has 2 N–H and O–H groups in total. The molecule has 2 unspecified atom stereocenters. The van der Waals surface area contributed by atoms with E-state index in [9.17, 15) is 19.5 Å². The van der Waals surface area contributed by atoms with Gasteiger partial charge in [0.1, 0.15) is 6.54 Å². The maximum absolute atomic E-state index is 12.1. The number of carboxylic acids is 1. The average molecular weight is 314 g/mol. The molecule has 1 saturated heterocycles. The molecule has 0 aromatic heterocycles. The van der Waals surface area contributed by atoms with E-state index in [1.54, 1.807) is 0 Å². The summed E-state index contributed by atoms with van der Waals surface area (Å²) in [6.45, 7) is 0.0364. The van der Waals surface area contributed by atoms with Crippen LogP contribution < -0.4 is 5.32 Å². The lowest BCUT2D eigenvalue weighted by Crippen LogP contribution is -2.47. The highest BCUT2D eigenvalue weighted by atomic mass is 32.2. The largest absolute Gasteiger partial charge is 0.481 e. The van der Waals surface area contributed by atoms with Gasteiger partial charge >= 0.3 is 5.97 Å². The van der Waals surface area contributed by atoms with Crippen LogP contribution in [-0.2, 0) is 14.4 Å². The molecular weight excluding hydrogens is 292 g/mol. The van der Waals surface area contributed by atoms with Gasteiger partial charge in [0.25, 0.3) is 0 Å². The summed E-state index contributed by atoms with van der Waals surface area (Å²) in [5.74, 6) is -0.661. The van der Waals surface area contributed by atoms with Crippen molar-refractivity contribution in [1.29, 1.82) is 0 Å². The molecule has 7 heteroatoms. The maximum Gasteiger partial charge on any atom is 0.308 e. The minimum Gasteiger partial charge on any atom is -0.481 e. The van der Waals surface area contributed by atoms with Crippen molar-refractivity contribution >= 4 is 29.5 Å². The van der Waals surface area contributed by atoms with Crippen molar-refractivity contribution in [2.45, 2.75) is 44.6 Å². The van der Waals surface area contributed by atoms with Gasteiger partial charge in [-0.2, -0.15) is 0 Å². The third-order valence-corrected chi connectivity index (χ3v) is 5.03. The van der Waals surface area contributed by atoms with Gasteiger partial charge in [-0.3, -0.25) is 14.4 Å². The second-order valence-electron chi connectivity index (χ2n) is 5.68. The number of hydrogen-bond donors (Lipinski definition) is 2. The number of carbonyl (C=O) groups excluding carboxylic acids is 2. The minimum absolute atomic E-state index is 0.0254. The van der Waals surface area contributed by atoms with E-state index in [1.807, 2.05) is 0 Å². The summed E-state index contributed by atoms with van der Waals surface area (Å²) >= 11 is 1.49. The van der Waals surface area contributed by atoms with Gasteiger partial charge in [-0.1, -0.05) is 25.7 Å². The molecule has 2 rings (SSSR count).